The van der Waals surface area contributed by atoms with E-state index < -0.39 is 0 Å². The van der Waals surface area contributed by atoms with Gasteiger partial charge in [-0.25, -0.2) is 0 Å². The van der Waals surface area contributed by atoms with Crippen molar-refractivity contribution in [2.45, 2.75) is 26.7 Å². The van der Waals surface area contributed by atoms with Gasteiger partial charge in [-0.3, -0.25) is 9.59 Å². The third-order valence-corrected chi connectivity index (χ3v) is 4.30. The van der Waals surface area contributed by atoms with Crippen molar-refractivity contribution in [3.8, 4) is 0 Å². The van der Waals surface area contributed by atoms with Crippen LogP contribution in [0, 0.1) is 12.8 Å². The van der Waals surface area contributed by atoms with Gasteiger partial charge in [0.15, 0.2) is 0 Å². The highest BCUT2D eigenvalue weighted by atomic mass is 79.9. The fourth-order valence-electron chi connectivity index (χ4n) is 2.57. The Morgan fingerprint density at radius 2 is 2.14 bits per heavy atom. The molecule has 0 saturated carbocycles. The number of rotatable bonds is 2. The molecular weight excluding hydrogens is 334 g/mol. The second kappa shape index (κ2) is 6.47. The summed E-state index contributed by atoms with van der Waals surface area (Å²) in [6.45, 7) is 4.65. The lowest BCUT2D eigenvalue weighted by molar-refractivity contribution is -0.132. The van der Waals surface area contributed by atoms with Crippen LogP contribution in [0.1, 0.15) is 25.3 Å². The minimum absolute atomic E-state index is 0.0188. The van der Waals surface area contributed by atoms with Crippen molar-refractivity contribution in [2.75, 3.05) is 24.1 Å². The van der Waals surface area contributed by atoms with Crippen molar-refractivity contribution in [3.05, 3.63) is 22.2 Å². The fraction of sp³-hybridized carbons (Fsp3) is 0.467. The summed E-state index contributed by atoms with van der Waals surface area (Å²) in [5, 5.41) is 2.89. The summed E-state index contributed by atoms with van der Waals surface area (Å²) >= 11 is 3.40. The van der Waals surface area contributed by atoms with E-state index in [1.54, 1.807) is 11.0 Å². The predicted octanol–water partition coefficient (Wildman–Crippen LogP) is 2.54. The number of anilines is 2. The maximum absolute atomic E-state index is 12.4. The zero-order valence-electron chi connectivity index (χ0n) is 12.3. The summed E-state index contributed by atoms with van der Waals surface area (Å²) in [5.41, 5.74) is 8.11. The Labute approximate surface area is 133 Å². The molecule has 0 aromatic heterocycles. The van der Waals surface area contributed by atoms with Crippen LogP contribution in [0.3, 0.4) is 0 Å². The number of hydrogen-bond acceptors (Lipinski definition) is 3. The third kappa shape index (κ3) is 3.75. The molecule has 0 bridgehead atoms. The number of carbonyl (C=O) groups excluding carboxylic acids is 2. The van der Waals surface area contributed by atoms with E-state index in [1.165, 1.54) is 6.92 Å². The molecule has 114 valence electrons. The summed E-state index contributed by atoms with van der Waals surface area (Å²) in [5.74, 6) is -0.239. The fourth-order valence-corrected chi connectivity index (χ4v) is 3.14. The van der Waals surface area contributed by atoms with Crippen LogP contribution in [-0.4, -0.2) is 29.8 Å². The number of benzene rings is 1. The molecule has 0 aliphatic carbocycles. The SMILES string of the molecule is CC(=O)N1CCCC(C(=O)Nc2cc(Br)cc(C)c2N)C1. The van der Waals surface area contributed by atoms with Crippen molar-refractivity contribution in [1.29, 1.82) is 0 Å². The van der Waals surface area contributed by atoms with Crippen molar-refractivity contribution in [3.63, 3.8) is 0 Å². The zero-order chi connectivity index (χ0) is 15.6. The van der Waals surface area contributed by atoms with Crippen LogP contribution in [0.5, 0.6) is 0 Å². The quantitative estimate of drug-likeness (QED) is 0.802. The molecule has 1 fully saturated rings. The number of nitrogens with zero attached hydrogens (tertiary/aromatic N) is 1. The summed E-state index contributed by atoms with van der Waals surface area (Å²) in [6.07, 6.45) is 1.65. The highest BCUT2D eigenvalue weighted by Crippen LogP contribution is 2.28. The Hall–Kier alpha value is -1.56. The topological polar surface area (TPSA) is 75.4 Å². The molecule has 1 saturated heterocycles. The second-order valence-electron chi connectivity index (χ2n) is 5.48. The number of nitrogens with two attached hydrogens (primary N) is 1. The molecular formula is C15H20BrN3O2. The van der Waals surface area contributed by atoms with E-state index in [0.29, 0.717) is 17.9 Å². The van der Waals surface area contributed by atoms with E-state index >= 15 is 0 Å². The number of nitrogen functional groups attached to an aromatic ring is 1. The van der Waals surface area contributed by atoms with Gasteiger partial charge in [0, 0.05) is 24.5 Å². The van der Waals surface area contributed by atoms with Crippen LogP contribution >= 0.6 is 15.9 Å². The van der Waals surface area contributed by atoms with Gasteiger partial charge in [-0.1, -0.05) is 15.9 Å². The van der Waals surface area contributed by atoms with Crippen LogP contribution in [-0.2, 0) is 9.59 Å². The summed E-state index contributed by atoms with van der Waals surface area (Å²) in [6, 6.07) is 3.70. The van der Waals surface area contributed by atoms with E-state index in [1.807, 2.05) is 13.0 Å². The number of amides is 2. The summed E-state index contributed by atoms with van der Waals surface area (Å²) in [4.78, 5) is 25.6. The predicted molar refractivity (Wildman–Crippen MR) is 86.9 cm³/mol. The number of aryl methyl sites for hydroxylation is 1. The Kier molecular flexibility index (Phi) is 4.88. The van der Waals surface area contributed by atoms with E-state index in [9.17, 15) is 9.59 Å². The lowest BCUT2D eigenvalue weighted by Crippen LogP contribution is -2.42. The van der Waals surface area contributed by atoms with Gasteiger partial charge in [0.05, 0.1) is 17.3 Å². The van der Waals surface area contributed by atoms with E-state index in [2.05, 4.69) is 21.2 Å². The van der Waals surface area contributed by atoms with Crippen molar-refractivity contribution < 1.29 is 9.59 Å². The van der Waals surface area contributed by atoms with Gasteiger partial charge in [-0.15, -0.1) is 0 Å². The lowest BCUT2D eigenvalue weighted by atomic mass is 9.97. The Morgan fingerprint density at radius 1 is 1.43 bits per heavy atom. The number of piperidine rings is 1. The standard InChI is InChI=1S/C15H20BrN3O2/c1-9-6-12(16)7-13(14(9)17)18-15(21)11-4-3-5-19(8-11)10(2)20/h6-7,11H,3-5,8,17H2,1-2H3,(H,18,21). The first-order valence-corrected chi connectivity index (χ1v) is 7.79. The van der Waals surface area contributed by atoms with E-state index in [0.717, 1.165) is 29.4 Å². The van der Waals surface area contributed by atoms with Gasteiger partial charge in [0.2, 0.25) is 11.8 Å². The molecule has 1 aromatic carbocycles. The maximum Gasteiger partial charge on any atom is 0.229 e. The minimum atomic E-state index is -0.179. The smallest absolute Gasteiger partial charge is 0.229 e. The van der Waals surface area contributed by atoms with Gasteiger partial charge in [0.1, 0.15) is 0 Å². The molecule has 5 nitrogen and oxygen atoms in total. The van der Waals surface area contributed by atoms with Crippen molar-refractivity contribution >= 4 is 39.1 Å². The molecule has 1 aliphatic heterocycles. The van der Waals surface area contributed by atoms with Crippen LogP contribution in [0.25, 0.3) is 0 Å². The maximum atomic E-state index is 12.4. The molecule has 1 unspecified atom stereocenters. The number of likely N-dealkylation sites (tertiary alicyclic amines) is 1. The monoisotopic (exact) mass is 353 g/mol. The van der Waals surface area contributed by atoms with Crippen LogP contribution < -0.4 is 11.1 Å². The first-order chi connectivity index (χ1) is 9.88. The number of carbonyl (C=O) groups is 2. The normalized spacial score (nSPS) is 18.4. The molecule has 1 atom stereocenters. The first-order valence-electron chi connectivity index (χ1n) is 7.00. The molecule has 21 heavy (non-hydrogen) atoms. The molecule has 3 N–H and O–H groups in total. The number of halogens is 1. The molecule has 2 rings (SSSR count). The third-order valence-electron chi connectivity index (χ3n) is 3.85. The summed E-state index contributed by atoms with van der Waals surface area (Å²) in [7, 11) is 0. The highest BCUT2D eigenvalue weighted by Gasteiger charge is 2.27. The Morgan fingerprint density at radius 3 is 2.81 bits per heavy atom. The lowest BCUT2D eigenvalue weighted by Gasteiger charge is -2.31. The second-order valence-corrected chi connectivity index (χ2v) is 6.39. The average molecular weight is 354 g/mol. The highest BCUT2D eigenvalue weighted by molar-refractivity contribution is 9.10. The van der Waals surface area contributed by atoms with Gasteiger partial charge < -0.3 is 16.0 Å². The van der Waals surface area contributed by atoms with Crippen LogP contribution in [0.15, 0.2) is 16.6 Å². The van der Waals surface area contributed by atoms with Crippen LogP contribution in [0.4, 0.5) is 11.4 Å². The van der Waals surface area contributed by atoms with Crippen LogP contribution in [0.2, 0.25) is 0 Å². The molecule has 1 heterocycles. The van der Waals surface area contributed by atoms with E-state index in [-0.39, 0.29) is 17.7 Å². The minimum Gasteiger partial charge on any atom is -0.397 e. The molecule has 1 aliphatic rings. The molecule has 0 radical (unpaired) electrons. The molecule has 1 aromatic rings. The Bertz CT molecular complexity index is 574. The van der Waals surface area contributed by atoms with Crippen molar-refractivity contribution in [1.82, 2.24) is 4.90 Å². The number of hydrogen-bond donors (Lipinski definition) is 2. The average Bonchev–Trinajstić information content (AvgIpc) is 2.44. The van der Waals surface area contributed by atoms with E-state index in [4.69, 9.17) is 5.73 Å². The van der Waals surface area contributed by atoms with Gasteiger partial charge in [-0.2, -0.15) is 0 Å². The van der Waals surface area contributed by atoms with Gasteiger partial charge in [0.25, 0.3) is 0 Å². The molecule has 0 spiro atoms. The molecule has 6 heteroatoms. The molecule has 2 amide bonds. The largest absolute Gasteiger partial charge is 0.397 e. The summed E-state index contributed by atoms with van der Waals surface area (Å²) < 4.78 is 0.874. The Balaban J connectivity index is 2.09. The van der Waals surface area contributed by atoms with Gasteiger partial charge in [-0.05, 0) is 37.5 Å². The van der Waals surface area contributed by atoms with Crippen molar-refractivity contribution in [2.24, 2.45) is 5.92 Å². The zero-order valence-corrected chi connectivity index (χ0v) is 13.9. The van der Waals surface area contributed by atoms with Gasteiger partial charge >= 0.3 is 0 Å². The first kappa shape index (κ1) is 15.8. The number of nitrogens with one attached hydrogen (secondary N) is 1.